The van der Waals surface area contributed by atoms with E-state index in [1.807, 2.05) is 6.07 Å². The second-order valence-corrected chi connectivity index (χ2v) is 12.1. The van der Waals surface area contributed by atoms with E-state index in [1.165, 1.54) is 13.2 Å². The van der Waals surface area contributed by atoms with Crippen LogP contribution in [0, 0.1) is 17.7 Å². The van der Waals surface area contributed by atoms with E-state index < -0.39 is 27.4 Å². The molecule has 3 aromatic rings. The molecular formula is C27H31FIN4O4-. The number of H-pyrrole nitrogens is 1. The average molecular weight is 621 g/mol. The molecule has 5 rings (SSSR count). The Morgan fingerprint density at radius 1 is 1.19 bits per heavy atom. The van der Waals surface area contributed by atoms with Crippen LogP contribution in [0.5, 0.6) is 11.5 Å². The molecule has 37 heavy (non-hydrogen) atoms. The van der Waals surface area contributed by atoms with Crippen LogP contribution in [0.2, 0.25) is 0 Å². The van der Waals surface area contributed by atoms with Crippen molar-refractivity contribution in [3.8, 4) is 22.8 Å². The van der Waals surface area contributed by atoms with Gasteiger partial charge in [-0.05, 0) is 0 Å². The molecule has 8 nitrogen and oxygen atoms in total. The number of para-hydroxylation sites is 1. The summed E-state index contributed by atoms with van der Waals surface area (Å²) in [5, 5.41) is 6.42. The minimum atomic E-state index is -0.692. The van der Waals surface area contributed by atoms with Crippen molar-refractivity contribution in [2.24, 2.45) is 11.8 Å². The number of hydrogen-bond acceptors (Lipinski definition) is 6. The minimum absolute atomic E-state index is 0.0457. The molecule has 2 aliphatic heterocycles. The summed E-state index contributed by atoms with van der Waals surface area (Å²) in [6, 6.07) is 6.51. The molecule has 0 fully saturated rings. The molecule has 3 N–H and O–H groups in total. The van der Waals surface area contributed by atoms with Gasteiger partial charge in [0, 0.05) is 0 Å². The first kappa shape index (κ1) is 25.8. The number of fused-ring (bicyclic) bond motifs is 4. The number of aromatic amines is 1. The fourth-order valence-electron chi connectivity index (χ4n) is 4.71. The summed E-state index contributed by atoms with van der Waals surface area (Å²) in [4.78, 5) is 21.2. The van der Waals surface area contributed by atoms with Gasteiger partial charge < -0.3 is 0 Å². The molecule has 4 heterocycles. The number of carbonyl (C=O) groups is 1. The first-order valence-corrected chi connectivity index (χ1v) is 14.6. The number of nitrogens with one attached hydrogen (secondary N) is 3. The number of rotatable bonds is 3. The van der Waals surface area contributed by atoms with Crippen molar-refractivity contribution < 1.29 is 43.3 Å². The van der Waals surface area contributed by atoms with Gasteiger partial charge in [0.15, 0.2) is 0 Å². The van der Waals surface area contributed by atoms with E-state index in [0.717, 1.165) is 24.1 Å². The van der Waals surface area contributed by atoms with Crippen LogP contribution in [-0.2, 0) is 9.49 Å². The number of halogens is 2. The molecule has 3 atom stereocenters. The molecule has 2 unspecified atom stereocenters. The Hall–Kier alpha value is -2.86. The van der Waals surface area contributed by atoms with Crippen molar-refractivity contribution in [1.82, 2.24) is 15.3 Å². The zero-order valence-corrected chi connectivity index (χ0v) is 23.2. The van der Waals surface area contributed by atoms with Gasteiger partial charge in [-0.15, -0.1) is 0 Å². The number of anilines is 2. The van der Waals surface area contributed by atoms with Gasteiger partial charge in [-0.2, -0.15) is 0 Å². The molecule has 0 saturated heterocycles. The van der Waals surface area contributed by atoms with Gasteiger partial charge in [0.2, 0.25) is 0 Å². The predicted molar refractivity (Wildman–Crippen MR) is 134 cm³/mol. The maximum atomic E-state index is 14.5. The van der Waals surface area contributed by atoms with Crippen molar-refractivity contribution in [2.45, 2.75) is 37.2 Å². The molecule has 2 aromatic heterocycles. The van der Waals surface area contributed by atoms with Crippen LogP contribution in [0.15, 0.2) is 36.7 Å². The Morgan fingerprint density at radius 2 is 2.00 bits per heavy atom. The van der Waals surface area contributed by atoms with Gasteiger partial charge in [-0.25, -0.2) is 0 Å². The number of pyridine rings is 1. The van der Waals surface area contributed by atoms with E-state index >= 15 is 0 Å². The van der Waals surface area contributed by atoms with Crippen LogP contribution in [0.25, 0.3) is 11.3 Å². The van der Waals surface area contributed by atoms with E-state index in [-0.39, 0.29) is 15.7 Å². The fourth-order valence-corrected chi connectivity index (χ4v) is 6.68. The number of ether oxygens (including phenoxy) is 2. The summed E-state index contributed by atoms with van der Waals surface area (Å²) in [7, 11) is 1.42. The van der Waals surface area contributed by atoms with Crippen LogP contribution in [0.3, 0.4) is 0 Å². The van der Waals surface area contributed by atoms with Crippen molar-refractivity contribution in [1.29, 1.82) is 0 Å². The summed E-state index contributed by atoms with van der Waals surface area (Å²) in [6.07, 6.45) is 5.89. The summed E-state index contributed by atoms with van der Waals surface area (Å²) < 4.78 is 32.1. The van der Waals surface area contributed by atoms with Gasteiger partial charge in [-0.3, -0.25) is 0 Å². The van der Waals surface area contributed by atoms with E-state index in [4.69, 9.17) is 12.5 Å². The van der Waals surface area contributed by atoms with Gasteiger partial charge in [0.05, 0.1) is 0 Å². The zero-order chi connectivity index (χ0) is 25.9. The SMILES string of the molecule is COc1c(F)cccc1Nc1c2[nH]c3c1C(=O)N[C@H](C3)[I-]OCCC(C)C(C)CCOc1cnccc1-2. The fraction of sp³-hybridized carbons (Fsp3) is 0.407. The Balaban J connectivity index is 1.61. The predicted octanol–water partition coefficient (Wildman–Crippen LogP) is 2.05. The van der Waals surface area contributed by atoms with Crippen LogP contribution < -0.4 is 41.7 Å². The number of amides is 1. The second-order valence-electron chi connectivity index (χ2n) is 9.47. The molecule has 0 saturated carbocycles. The van der Waals surface area contributed by atoms with E-state index in [2.05, 4.69) is 34.4 Å². The van der Waals surface area contributed by atoms with Gasteiger partial charge >= 0.3 is 227 Å². The summed E-state index contributed by atoms with van der Waals surface area (Å²) >= 11 is -0.692. The standard InChI is InChI=1S/C27H31FIN4O4/c1-15-8-11-36-21-14-30-10-7-17(21)24-25(31-19-6-4-5-18(28)26(19)35-3)23-20(32-24)13-22(33-27(23)34)29-37-12-9-16(15)2/h4-7,10,14-16,22,31-32H,8-9,11-13H2,1-3H3,(H,33,34)/q-1/t15?,16?,22-/m1/s1. The summed E-state index contributed by atoms with van der Waals surface area (Å²) in [5.74, 6) is 0.980. The third kappa shape index (κ3) is 5.40. The number of hydrogen-bond donors (Lipinski definition) is 3. The number of methoxy groups -OCH3 is 1. The molecule has 0 radical (unpaired) electrons. The number of aromatic nitrogens is 2. The van der Waals surface area contributed by atoms with E-state index in [9.17, 15) is 9.18 Å². The first-order valence-electron chi connectivity index (χ1n) is 12.4. The number of benzene rings is 1. The molecule has 3 bridgehead atoms. The van der Waals surface area contributed by atoms with Crippen LogP contribution in [0.1, 0.15) is 42.7 Å². The van der Waals surface area contributed by atoms with Gasteiger partial charge in [-0.1, -0.05) is 0 Å². The Bertz CT molecular complexity index is 1280. The van der Waals surface area contributed by atoms with Crippen molar-refractivity contribution in [3.63, 3.8) is 0 Å². The van der Waals surface area contributed by atoms with Crippen LogP contribution in [0.4, 0.5) is 15.8 Å². The van der Waals surface area contributed by atoms with Crippen molar-refractivity contribution >= 4 is 17.3 Å². The molecule has 2 aliphatic rings. The summed E-state index contributed by atoms with van der Waals surface area (Å²) in [6.45, 7) is 5.72. The number of alkyl halides is 1. The maximum absolute atomic E-state index is 14.5. The third-order valence-electron chi connectivity index (χ3n) is 7.08. The van der Waals surface area contributed by atoms with Crippen LogP contribution >= 0.6 is 0 Å². The second kappa shape index (κ2) is 11.3. The molecule has 198 valence electrons. The molecule has 1 aromatic carbocycles. The van der Waals surface area contributed by atoms with E-state index in [0.29, 0.717) is 59.9 Å². The molecule has 0 aliphatic carbocycles. The number of nitrogens with zero attached hydrogens (tertiary/aromatic N) is 1. The van der Waals surface area contributed by atoms with Crippen molar-refractivity contribution in [2.75, 3.05) is 25.6 Å². The quantitative estimate of drug-likeness (QED) is 0.236. The monoisotopic (exact) mass is 621 g/mol. The molecule has 0 spiro atoms. The van der Waals surface area contributed by atoms with Gasteiger partial charge in [0.1, 0.15) is 0 Å². The molecular weight excluding hydrogens is 590 g/mol. The van der Waals surface area contributed by atoms with Crippen LogP contribution in [-0.4, -0.2) is 40.2 Å². The van der Waals surface area contributed by atoms with Crippen molar-refractivity contribution in [3.05, 3.63) is 53.7 Å². The normalized spacial score (nSPS) is 22.3. The Morgan fingerprint density at radius 3 is 2.81 bits per heavy atom. The Labute approximate surface area is 226 Å². The van der Waals surface area contributed by atoms with Gasteiger partial charge in [0.25, 0.3) is 0 Å². The first-order chi connectivity index (χ1) is 18.0. The molecule has 10 heteroatoms. The zero-order valence-electron chi connectivity index (χ0n) is 21.1. The Kier molecular flexibility index (Phi) is 7.84. The topological polar surface area (TPSA) is 97.5 Å². The summed E-state index contributed by atoms with van der Waals surface area (Å²) in [5.41, 5.74) is 3.71. The van der Waals surface area contributed by atoms with E-state index in [1.54, 1.807) is 24.5 Å². The number of carbonyl (C=O) groups excluding carboxylic acids is 1. The average Bonchev–Trinajstić information content (AvgIpc) is 3.24. The third-order valence-corrected chi connectivity index (χ3v) is 9.25. The molecule has 1 amide bonds.